The monoisotopic (exact) mass is 261 g/mol. The predicted octanol–water partition coefficient (Wildman–Crippen LogP) is 3.70. The van der Waals surface area contributed by atoms with Gasteiger partial charge in [0.2, 0.25) is 0 Å². The number of hydrogen-bond donors (Lipinski definition) is 1. The van der Waals surface area contributed by atoms with Crippen LogP contribution in [0.4, 0.5) is 4.79 Å². The summed E-state index contributed by atoms with van der Waals surface area (Å²) in [5.74, 6) is 1.19. The topological polar surface area (TPSA) is 38.3 Å². The zero-order chi connectivity index (χ0) is 13.1. The van der Waals surface area contributed by atoms with Gasteiger partial charge < -0.3 is 10.1 Å². The van der Waals surface area contributed by atoms with Crippen molar-refractivity contribution in [2.75, 3.05) is 5.88 Å². The first-order valence-corrected chi connectivity index (χ1v) is 6.87. The van der Waals surface area contributed by atoms with Gasteiger partial charge in [0.05, 0.1) is 5.54 Å². The molecule has 3 nitrogen and oxygen atoms in total. The minimum absolute atomic E-state index is 0.267. The fraction of sp³-hybridized carbons (Fsp3) is 0.923. The molecule has 0 atom stereocenters. The molecule has 0 aliphatic heterocycles. The molecule has 0 saturated heterocycles. The summed E-state index contributed by atoms with van der Waals surface area (Å²) in [4.78, 5) is 11.8. The number of hydrogen-bond acceptors (Lipinski definition) is 2. The largest absolute Gasteiger partial charge is 0.444 e. The first kappa shape index (κ1) is 14.6. The van der Waals surface area contributed by atoms with E-state index in [0.29, 0.717) is 5.88 Å². The van der Waals surface area contributed by atoms with Crippen molar-refractivity contribution in [3.8, 4) is 0 Å². The lowest BCUT2D eigenvalue weighted by Crippen LogP contribution is -2.53. The Morgan fingerprint density at radius 2 is 1.94 bits per heavy atom. The van der Waals surface area contributed by atoms with E-state index in [9.17, 15) is 4.79 Å². The number of alkyl halides is 1. The van der Waals surface area contributed by atoms with Gasteiger partial charge in [0, 0.05) is 5.88 Å². The molecule has 0 radical (unpaired) electrons. The maximum atomic E-state index is 11.8. The quantitative estimate of drug-likeness (QED) is 0.770. The van der Waals surface area contributed by atoms with Gasteiger partial charge in [-0.3, -0.25) is 0 Å². The van der Waals surface area contributed by atoms with Crippen LogP contribution in [-0.2, 0) is 4.74 Å². The molecular formula is C13H24ClNO2. The van der Waals surface area contributed by atoms with Crippen LogP contribution in [-0.4, -0.2) is 23.1 Å². The summed E-state index contributed by atoms with van der Waals surface area (Å²) < 4.78 is 5.29. The number of alkyl carbamates (subject to hydrolysis) is 1. The van der Waals surface area contributed by atoms with Gasteiger partial charge in [0.15, 0.2) is 0 Å². The molecule has 0 aromatic heterocycles. The third-order valence-corrected chi connectivity index (χ3v) is 3.76. The van der Waals surface area contributed by atoms with Gasteiger partial charge in [-0.05, 0) is 52.4 Å². The minimum Gasteiger partial charge on any atom is -0.444 e. The van der Waals surface area contributed by atoms with E-state index in [0.717, 1.165) is 31.6 Å². The van der Waals surface area contributed by atoms with Crippen LogP contribution < -0.4 is 5.32 Å². The third kappa shape index (κ3) is 4.74. The Labute approximate surface area is 109 Å². The normalized spacial score (nSPS) is 29.8. The zero-order valence-corrected chi connectivity index (χ0v) is 12.1. The van der Waals surface area contributed by atoms with E-state index >= 15 is 0 Å². The van der Waals surface area contributed by atoms with Crippen LogP contribution in [0.1, 0.15) is 53.4 Å². The van der Waals surface area contributed by atoms with Gasteiger partial charge in [-0.1, -0.05) is 6.92 Å². The highest BCUT2D eigenvalue weighted by Crippen LogP contribution is 2.33. The summed E-state index contributed by atoms with van der Waals surface area (Å²) in [5.41, 5.74) is -0.726. The lowest BCUT2D eigenvalue weighted by molar-refractivity contribution is 0.0430. The summed E-state index contributed by atoms with van der Waals surface area (Å²) in [5, 5.41) is 2.97. The maximum absolute atomic E-state index is 11.8. The van der Waals surface area contributed by atoms with Crippen molar-refractivity contribution in [3.63, 3.8) is 0 Å². The molecule has 17 heavy (non-hydrogen) atoms. The molecule has 0 heterocycles. The van der Waals surface area contributed by atoms with Crippen LogP contribution in [0.2, 0.25) is 0 Å². The van der Waals surface area contributed by atoms with E-state index < -0.39 is 5.60 Å². The highest BCUT2D eigenvalue weighted by Gasteiger charge is 2.36. The second-order valence-electron chi connectivity index (χ2n) is 6.22. The summed E-state index contributed by atoms with van der Waals surface area (Å²) in [6, 6.07) is 0. The van der Waals surface area contributed by atoms with Crippen molar-refractivity contribution in [2.45, 2.75) is 64.5 Å². The van der Waals surface area contributed by atoms with Crippen molar-refractivity contribution >= 4 is 17.7 Å². The molecule has 0 aromatic rings. The molecule has 1 aliphatic rings. The van der Waals surface area contributed by atoms with Crippen molar-refractivity contribution in [1.29, 1.82) is 0 Å². The van der Waals surface area contributed by atoms with Crippen molar-refractivity contribution in [2.24, 2.45) is 5.92 Å². The molecule has 0 aromatic carbocycles. The van der Waals surface area contributed by atoms with Crippen LogP contribution in [0.5, 0.6) is 0 Å². The van der Waals surface area contributed by atoms with E-state index in [1.54, 1.807) is 0 Å². The molecular weight excluding hydrogens is 238 g/mol. The first-order valence-electron chi connectivity index (χ1n) is 6.33. The van der Waals surface area contributed by atoms with Crippen LogP contribution in [0.15, 0.2) is 0 Å². The van der Waals surface area contributed by atoms with Crippen molar-refractivity contribution in [1.82, 2.24) is 5.32 Å². The van der Waals surface area contributed by atoms with Crippen LogP contribution in [0.3, 0.4) is 0 Å². The molecule has 0 bridgehead atoms. The molecule has 1 saturated carbocycles. The molecule has 1 fully saturated rings. The molecule has 100 valence electrons. The Morgan fingerprint density at radius 3 is 2.35 bits per heavy atom. The lowest BCUT2D eigenvalue weighted by atomic mass is 9.78. The fourth-order valence-electron chi connectivity index (χ4n) is 2.13. The Hall–Kier alpha value is -0.440. The highest BCUT2D eigenvalue weighted by atomic mass is 35.5. The number of amides is 1. The minimum atomic E-state index is -0.459. The van der Waals surface area contributed by atoms with E-state index in [1.165, 1.54) is 0 Å². The average molecular weight is 262 g/mol. The van der Waals surface area contributed by atoms with Crippen LogP contribution >= 0.6 is 11.6 Å². The summed E-state index contributed by atoms with van der Waals surface area (Å²) >= 11 is 6.03. The van der Waals surface area contributed by atoms with Crippen molar-refractivity contribution < 1.29 is 9.53 Å². The Kier molecular flexibility index (Phi) is 4.70. The van der Waals surface area contributed by atoms with Gasteiger partial charge in [-0.25, -0.2) is 4.79 Å². The van der Waals surface area contributed by atoms with Gasteiger partial charge in [0.1, 0.15) is 5.60 Å². The molecule has 1 N–H and O–H groups in total. The molecule has 0 spiro atoms. The smallest absolute Gasteiger partial charge is 0.408 e. The SMILES string of the molecule is CC1CCC(CCl)(NC(=O)OC(C)(C)C)CC1. The second-order valence-corrected chi connectivity index (χ2v) is 6.49. The molecule has 1 aliphatic carbocycles. The van der Waals surface area contributed by atoms with E-state index in [-0.39, 0.29) is 11.6 Å². The van der Waals surface area contributed by atoms with E-state index in [1.807, 2.05) is 20.8 Å². The third-order valence-electron chi connectivity index (χ3n) is 3.25. The maximum Gasteiger partial charge on any atom is 0.408 e. The Bertz CT molecular complexity index is 265. The number of rotatable bonds is 2. The Balaban J connectivity index is 2.54. The standard InChI is InChI=1S/C13H24ClNO2/c1-10-5-7-13(9-14,8-6-10)15-11(16)17-12(2,3)4/h10H,5-9H2,1-4H3,(H,15,16). The number of nitrogens with one attached hydrogen (secondary N) is 1. The Morgan fingerprint density at radius 1 is 1.41 bits per heavy atom. The number of carbonyl (C=O) groups excluding carboxylic acids is 1. The summed E-state index contributed by atoms with van der Waals surface area (Å²) in [6.07, 6.45) is 3.76. The first-order chi connectivity index (χ1) is 7.76. The number of ether oxygens (including phenoxy) is 1. The van der Waals surface area contributed by atoms with E-state index in [2.05, 4.69) is 12.2 Å². The lowest BCUT2D eigenvalue weighted by Gasteiger charge is -2.38. The van der Waals surface area contributed by atoms with Gasteiger partial charge in [0.25, 0.3) is 0 Å². The predicted molar refractivity (Wildman–Crippen MR) is 70.5 cm³/mol. The molecule has 1 amide bonds. The van der Waals surface area contributed by atoms with E-state index in [4.69, 9.17) is 16.3 Å². The number of halogens is 1. The van der Waals surface area contributed by atoms with Crippen LogP contribution in [0.25, 0.3) is 0 Å². The summed E-state index contributed by atoms with van der Waals surface area (Å²) in [6.45, 7) is 7.83. The number of carbonyl (C=O) groups is 1. The summed E-state index contributed by atoms with van der Waals surface area (Å²) in [7, 11) is 0. The second kappa shape index (κ2) is 5.47. The van der Waals surface area contributed by atoms with Gasteiger partial charge >= 0.3 is 6.09 Å². The van der Waals surface area contributed by atoms with Gasteiger partial charge in [-0.15, -0.1) is 11.6 Å². The average Bonchev–Trinajstić information content (AvgIpc) is 2.19. The van der Waals surface area contributed by atoms with Crippen molar-refractivity contribution in [3.05, 3.63) is 0 Å². The van der Waals surface area contributed by atoms with Crippen LogP contribution in [0, 0.1) is 5.92 Å². The van der Waals surface area contributed by atoms with Gasteiger partial charge in [-0.2, -0.15) is 0 Å². The fourth-order valence-corrected chi connectivity index (χ4v) is 2.46. The highest BCUT2D eigenvalue weighted by molar-refractivity contribution is 6.18. The zero-order valence-electron chi connectivity index (χ0n) is 11.3. The molecule has 0 unspecified atom stereocenters. The molecule has 4 heteroatoms. The molecule has 1 rings (SSSR count).